The molecule has 1 amide bonds. The van der Waals surface area contributed by atoms with E-state index in [1.807, 2.05) is 6.92 Å². The quantitative estimate of drug-likeness (QED) is 0.837. The summed E-state index contributed by atoms with van der Waals surface area (Å²) in [6.07, 6.45) is 1.78. The second-order valence-corrected chi connectivity index (χ2v) is 4.72. The minimum atomic E-state index is -0.239. The summed E-state index contributed by atoms with van der Waals surface area (Å²) >= 11 is 0. The van der Waals surface area contributed by atoms with Crippen LogP contribution in [0.5, 0.6) is 0 Å². The summed E-state index contributed by atoms with van der Waals surface area (Å²) in [5, 5.41) is 6.90. The van der Waals surface area contributed by atoms with Gasteiger partial charge in [0.15, 0.2) is 0 Å². The second kappa shape index (κ2) is 6.47. The molecule has 0 radical (unpaired) electrons. The number of carbonyl (C=O) groups excluding carboxylic acids is 1. The molecule has 6 heteroatoms. The number of nitrogens with zero attached hydrogens (tertiary/aromatic N) is 2. The van der Waals surface area contributed by atoms with Crippen molar-refractivity contribution in [2.45, 2.75) is 26.3 Å². The molecule has 104 valence electrons. The summed E-state index contributed by atoms with van der Waals surface area (Å²) < 4.78 is 6.58. The molecule has 1 N–H and O–H groups in total. The number of carbonyl (C=O) groups is 1. The number of amides is 1. The molecular weight excluding hydrogens is 246 g/mol. The molecular formula is C13H19N3O3. The van der Waals surface area contributed by atoms with Crippen LogP contribution in [0.25, 0.3) is 0 Å². The summed E-state index contributed by atoms with van der Waals surface area (Å²) in [7, 11) is 0. The molecule has 19 heavy (non-hydrogen) atoms. The molecule has 1 atom stereocenters. The Labute approximate surface area is 111 Å². The number of nitrogens with one attached hydrogen (secondary N) is 1. The van der Waals surface area contributed by atoms with Gasteiger partial charge in [0.2, 0.25) is 0 Å². The molecule has 0 unspecified atom stereocenters. The van der Waals surface area contributed by atoms with Crippen LogP contribution in [-0.2, 0) is 11.3 Å². The van der Waals surface area contributed by atoms with Crippen LogP contribution in [-0.4, -0.2) is 35.4 Å². The van der Waals surface area contributed by atoms with Gasteiger partial charge in [-0.1, -0.05) is 6.92 Å². The van der Waals surface area contributed by atoms with Gasteiger partial charge in [-0.3, -0.25) is 9.59 Å². The average Bonchev–Trinajstić information content (AvgIpc) is 2.92. The normalized spacial score (nSPS) is 18.5. The van der Waals surface area contributed by atoms with Crippen molar-refractivity contribution in [3.63, 3.8) is 0 Å². The minimum Gasteiger partial charge on any atom is -0.381 e. The lowest BCUT2D eigenvalue weighted by Gasteiger charge is -2.10. The third-order valence-corrected chi connectivity index (χ3v) is 3.11. The highest BCUT2D eigenvalue weighted by molar-refractivity contribution is 5.91. The molecule has 1 saturated heterocycles. The number of ether oxygens (including phenoxy) is 1. The molecule has 1 aromatic heterocycles. The molecule has 1 aromatic rings. The lowest BCUT2D eigenvalue weighted by atomic mass is 10.1. The summed E-state index contributed by atoms with van der Waals surface area (Å²) in [4.78, 5) is 23.4. The fourth-order valence-corrected chi connectivity index (χ4v) is 2.01. The van der Waals surface area contributed by atoms with Crippen molar-refractivity contribution in [1.29, 1.82) is 0 Å². The van der Waals surface area contributed by atoms with E-state index in [-0.39, 0.29) is 17.2 Å². The van der Waals surface area contributed by atoms with Gasteiger partial charge in [0.05, 0.1) is 6.61 Å². The van der Waals surface area contributed by atoms with E-state index in [9.17, 15) is 9.59 Å². The SMILES string of the molecule is CCCn1nc(C(=O)NC[C@@H]2CCOC2)ccc1=O. The molecule has 0 spiro atoms. The van der Waals surface area contributed by atoms with Crippen LogP contribution < -0.4 is 10.9 Å². The van der Waals surface area contributed by atoms with E-state index in [1.54, 1.807) is 0 Å². The Hall–Kier alpha value is -1.69. The maximum Gasteiger partial charge on any atom is 0.271 e. The van der Waals surface area contributed by atoms with Gasteiger partial charge in [0.1, 0.15) is 5.69 Å². The first kappa shape index (κ1) is 13.7. The molecule has 0 saturated carbocycles. The van der Waals surface area contributed by atoms with Gasteiger partial charge in [0.25, 0.3) is 11.5 Å². The van der Waals surface area contributed by atoms with E-state index in [2.05, 4.69) is 10.4 Å². The molecule has 2 heterocycles. The van der Waals surface area contributed by atoms with Crippen molar-refractivity contribution in [2.75, 3.05) is 19.8 Å². The first-order valence-electron chi connectivity index (χ1n) is 6.65. The van der Waals surface area contributed by atoms with Crippen LogP contribution in [0, 0.1) is 5.92 Å². The molecule has 6 nitrogen and oxygen atoms in total. The van der Waals surface area contributed by atoms with Gasteiger partial charge in [-0.25, -0.2) is 4.68 Å². The summed E-state index contributed by atoms with van der Waals surface area (Å²) in [6.45, 7) is 4.54. The van der Waals surface area contributed by atoms with Crippen LogP contribution in [0.4, 0.5) is 0 Å². The fraction of sp³-hybridized carbons (Fsp3) is 0.615. The highest BCUT2D eigenvalue weighted by Gasteiger charge is 2.17. The highest BCUT2D eigenvalue weighted by atomic mass is 16.5. The highest BCUT2D eigenvalue weighted by Crippen LogP contribution is 2.10. The van der Waals surface area contributed by atoms with E-state index in [4.69, 9.17) is 4.74 Å². The third kappa shape index (κ3) is 3.64. The Kier molecular flexibility index (Phi) is 4.68. The Morgan fingerprint density at radius 2 is 2.42 bits per heavy atom. The van der Waals surface area contributed by atoms with Gasteiger partial charge in [0, 0.05) is 31.7 Å². The summed E-state index contributed by atoms with van der Waals surface area (Å²) in [5.41, 5.74) is 0.106. The molecule has 2 rings (SSSR count). The zero-order valence-electron chi connectivity index (χ0n) is 11.1. The van der Waals surface area contributed by atoms with Gasteiger partial charge >= 0.3 is 0 Å². The van der Waals surface area contributed by atoms with E-state index >= 15 is 0 Å². The summed E-state index contributed by atoms with van der Waals surface area (Å²) in [5.74, 6) is 0.141. The Bertz CT molecular complexity index is 492. The van der Waals surface area contributed by atoms with Crippen LogP contribution in [0.1, 0.15) is 30.3 Å². The fourth-order valence-electron chi connectivity index (χ4n) is 2.01. The van der Waals surface area contributed by atoms with Gasteiger partial charge in [-0.2, -0.15) is 5.10 Å². The number of hydrogen-bond donors (Lipinski definition) is 1. The van der Waals surface area contributed by atoms with Crippen molar-refractivity contribution >= 4 is 5.91 Å². The van der Waals surface area contributed by atoms with Crippen LogP contribution >= 0.6 is 0 Å². The predicted octanol–water partition coefficient (Wildman–Crippen LogP) is 0.420. The van der Waals surface area contributed by atoms with Crippen molar-refractivity contribution in [1.82, 2.24) is 15.1 Å². The largest absolute Gasteiger partial charge is 0.381 e. The maximum atomic E-state index is 11.9. The maximum absolute atomic E-state index is 11.9. The number of aromatic nitrogens is 2. The standard InChI is InChI=1S/C13H19N3O3/c1-2-6-16-12(17)4-3-11(15-16)13(18)14-8-10-5-7-19-9-10/h3-4,10H,2,5-9H2,1H3,(H,14,18)/t10-/m0/s1. The van der Waals surface area contributed by atoms with Gasteiger partial charge in [-0.15, -0.1) is 0 Å². The second-order valence-electron chi connectivity index (χ2n) is 4.72. The van der Waals surface area contributed by atoms with Crippen LogP contribution in [0.15, 0.2) is 16.9 Å². The molecule has 1 aliphatic rings. The first-order valence-corrected chi connectivity index (χ1v) is 6.65. The van der Waals surface area contributed by atoms with Crippen molar-refractivity contribution in [2.24, 2.45) is 5.92 Å². The average molecular weight is 265 g/mol. The van der Waals surface area contributed by atoms with E-state index in [1.165, 1.54) is 16.8 Å². The Morgan fingerprint density at radius 1 is 1.58 bits per heavy atom. The smallest absolute Gasteiger partial charge is 0.271 e. The molecule has 0 bridgehead atoms. The van der Waals surface area contributed by atoms with Gasteiger partial charge in [-0.05, 0) is 18.9 Å². The molecule has 0 aromatic carbocycles. The predicted molar refractivity (Wildman–Crippen MR) is 70.0 cm³/mol. The minimum absolute atomic E-state index is 0.178. The lowest BCUT2D eigenvalue weighted by Crippen LogP contribution is -2.32. The Morgan fingerprint density at radius 3 is 3.11 bits per heavy atom. The number of rotatable bonds is 5. The number of hydrogen-bond acceptors (Lipinski definition) is 4. The van der Waals surface area contributed by atoms with E-state index in [0.29, 0.717) is 25.6 Å². The summed E-state index contributed by atoms with van der Waals surface area (Å²) in [6, 6.07) is 2.85. The first-order chi connectivity index (χ1) is 9.20. The van der Waals surface area contributed by atoms with Crippen LogP contribution in [0.3, 0.4) is 0 Å². The van der Waals surface area contributed by atoms with Crippen molar-refractivity contribution in [3.8, 4) is 0 Å². The molecule has 1 fully saturated rings. The topological polar surface area (TPSA) is 73.2 Å². The lowest BCUT2D eigenvalue weighted by molar-refractivity contribution is 0.0937. The van der Waals surface area contributed by atoms with E-state index in [0.717, 1.165) is 19.4 Å². The zero-order valence-corrected chi connectivity index (χ0v) is 11.1. The number of aryl methyl sites for hydroxylation is 1. The third-order valence-electron chi connectivity index (χ3n) is 3.11. The van der Waals surface area contributed by atoms with Crippen molar-refractivity contribution in [3.05, 3.63) is 28.2 Å². The van der Waals surface area contributed by atoms with Gasteiger partial charge < -0.3 is 10.1 Å². The van der Waals surface area contributed by atoms with Crippen LogP contribution in [0.2, 0.25) is 0 Å². The van der Waals surface area contributed by atoms with E-state index < -0.39 is 0 Å². The monoisotopic (exact) mass is 265 g/mol. The molecule has 1 aliphatic heterocycles. The molecule has 0 aliphatic carbocycles. The Balaban J connectivity index is 1.97. The zero-order chi connectivity index (χ0) is 13.7. The van der Waals surface area contributed by atoms with Crippen molar-refractivity contribution < 1.29 is 9.53 Å².